The van der Waals surface area contributed by atoms with Gasteiger partial charge in [-0.25, -0.2) is 19.7 Å². The van der Waals surface area contributed by atoms with Crippen molar-refractivity contribution in [3.8, 4) is 11.5 Å². The molecule has 10 heteroatoms. The third-order valence-electron chi connectivity index (χ3n) is 5.14. The molecule has 1 fully saturated rings. The van der Waals surface area contributed by atoms with Gasteiger partial charge in [-0.3, -0.25) is 10.2 Å². The molecule has 4 rings (SSSR count). The molecule has 0 radical (unpaired) electrons. The molecule has 2 amide bonds. The standard InChI is InChI=1S/C20H24FN7O2/c1-2-22-19(29)27-20-25-11-14(30-20)12-28-9-5-13(6-10-28)15-3-4-16(26-17(15)21)18-23-7-8-24-18/h3-4,7-8,11,13H,2,5-6,9-10,12H2,1H3,(H,23,24)(H2,22,25,27,29). The van der Waals surface area contributed by atoms with Crippen molar-refractivity contribution in [3.05, 3.63) is 48.0 Å². The molecule has 0 aromatic carbocycles. The molecule has 0 atom stereocenters. The van der Waals surface area contributed by atoms with Gasteiger partial charge in [-0.15, -0.1) is 0 Å². The number of hydrogen-bond donors (Lipinski definition) is 3. The van der Waals surface area contributed by atoms with Crippen LogP contribution in [0.15, 0.2) is 35.1 Å². The Morgan fingerprint density at radius 3 is 2.87 bits per heavy atom. The van der Waals surface area contributed by atoms with Crippen molar-refractivity contribution in [1.82, 2.24) is 30.2 Å². The molecule has 158 valence electrons. The average molecular weight is 413 g/mol. The van der Waals surface area contributed by atoms with Crippen LogP contribution in [-0.2, 0) is 6.54 Å². The number of pyridine rings is 1. The van der Waals surface area contributed by atoms with E-state index in [1.54, 1.807) is 24.7 Å². The van der Waals surface area contributed by atoms with Crippen LogP contribution in [0.2, 0.25) is 0 Å². The molecule has 0 unspecified atom stereocenters. The highest BCUT2D eigenvalue weighted by Crippen LogP contribution is 2.31. The Labute approximate surface area is 173 Å². The van der Waals surface area contributed by atoms with E-state index in [1.807, 2.05) is 13.0 Å². The third kappa shape index (κ3) is 4.65. The van der Waals surface area contributed by atoms with E-state index in [9.17, 15) is 9.18 Å². The molecule has 0 spiro atoms. The van der Waals surface area contributed by atoms with E-state index in [2.05, 4.69) is 35.5 Å². The van der Waals surface area contributed by atoms with Crippen molar-refractivity contribution in [2.45, 2.75) is 32.2 Å². The second-order valence-corrected chi connectivity index (χ2v) is 7.18. The van der Waals surface area contributed by atoms with Gasteiger partial charge in [0.1, 0.15) is 11.5 Å². The van der Waals surface area contributed by atoms with Crippen molar-refractivity contribution < 1.29 is 13.6 Å². The van der Waals surface area contributed by atoms with Crippen LogP contribution in [0.5, 0.6) is 0 Å². The third-order valence-corrected chi connectivity index (χ3v) is 5.14. The second-order valence-electron chi connectivity index (χ2n) is 7.18. The predicted molar refractivity (Wildman–Crippen MR) is 108 cm³/mol. The normalized spacial score (nSPS) is 15.3. The molecule has 0 bridgehead atoms. The highest BCUT2D eigenvalue weighted by molar-refractivity contribution is 5.86. The average Bonchev–Trinajstić information content (AvgIpc) is 3.41. The molecule has 0 aliphatic carbocycles. The van der Waals surface area contributed by atoms with E-state index in [0.717, 1.165) is 25.9 Å². The fraction of sp³-hybridized carbons (Fsp3) is 0.400. The van der Waals surface area contributed by atoms with Crippen molar-refractivity contribution in [2.24, 2.45) is 0 Å². The lowest BCUT2D eigenvalue weighted by molar-refractivity contribution is 0.190. The van der Waals surface area contributed by atoms with Gasteiger partial charge in [0.2, 0.25) is 5.95 Å². The molecule has 3 aromatic heterocycles. The summed E-state index contributed by atoms with van der Waals surface area (Å²) in [5, 5.41) is 5.17. The van der Waals surface area contributed by atoms with Crippen LogP contribution in [-0.4, -0.2) is 50.5 Å². The van der Waals surface area contributed by atoms with Crippen LogP contribution in [0.3, 0.4) is 0 Å². The van der Waals surface area contributed by atoms with Crippen molar-refractivity contribution in [1.29, 1.82) is 0 Å². The molecule has 0 saturated carbocycles. The number of nitrogens with zero attached hydrogens (tertiary/aromatic N) is 4. The van der Waals surface area contributed by atoms with Crippen LogP contribution in [0.4, 0.5) is 15.2 Å². The molecule has 30 heavy (non-hydrogen) atoms. The molecule has 3 N–H and O–H groups in total. The summed E-state index contributed by atoms with van der Waals surface area (Å²) in [4.78, 5) is 29.0. The maximum Gasteiger partial charge on any atom is 0.322 e. The Kier molecular flexibility index (Phi) is 6.03. The number of nitrogens with one attached hydrogen (secondary N) is 3. The van der Waals surface area contributed by atoms with Gasteiger partial charge in [-0.1, -0.05) is 6.07 Å². The first-order valence-electron chi connectivity index (χ1n) is 10.0. The number of likely N-dealkylation sites (tertiary alicyclic amines) is 1. The number of H-pyrrole nitrogens is 1. The van der Waals surface area contributed by atoms with Crippen LogP contribution in [0.1, 0.15) is 37.0 Å². The van der Waals surface area contributed by atoms with Gasteiger partial charge >= 0.3 is 12.0 Å². The summed E-state index contributed by atoms with van der Waals surface area (Å²) in [5.74, 6) is 0.932. The van der Waals surface area contributed by atoms with Crippen LogP contribution in [0.25, 0.3) is 11.5 Å². The van der Waals surface area contributed by atoms with E-state index in [0.29, 0.717) is 35.9 Å². The lowest BCUT2D eigenvalue weighted by atomic mass is 9.90. The van der Waals surface area contributed by atoms with Crippen molar-refractivity contribution >= 4 is 12.0 Å². The molecular formula is C20H24FN7O2. The number of oxazole rings is 1. The summed E-state index contributed by atoms with van der Waals surface area (Å²) in [6.07, 6.45) is 6.58. The Morgan fingerprint density at radius 2 is 2.17 bits per heavy atom. The number of urea groups is 1. The number of imidazole rings is 1. The minimum atomic E-state index is -0.432. The van der Waals surface area contributed by atoms with E-state index in [-0.39, 0.29) is 18.0 Å². The smallest absolute Gasteiger partial charge is 0.322 e. The minimum absolute atomic E-state index is 0.129. The number of aromatic nitrogens is 4. The lowest BCUT2D eigenvalue weighted by Crippen LogP contribution is -2.32. The molecular weight excluding hydrogens is 389 g/mol. The molecule has 1 aliphatic rings. The number of amides is 2. The molecule has 1 aliphatic heterocycles. The number of piperidine rings is 1. The first-order valence-corrected chi connectivity index (χ1v) is 10.0. The topological polar surface area (TPSA) is 112 Å². The molecule has 3 aromatic rings. The zero-order valence-electron chi connectivity index (χ0n) is 16.7. The highest BCUT2D eigenvalue weighted by Gasteiger charge is 2.24. The van der Waals surface area contributed by atoms with Gasteiger partial charge in [0.15, 0.2) is 5.82 Å². The van der Waals surface area contributed by atoms with Crippen LogP contribution in [0, 0.1) is 5.95 Å². The summed E-state index contributed by atoms with van der Waals surface area (Å²) in [6, 6.07) is 3.45. The minimum Gasteiger partial charge on any atom is -0.427 e. The first-order chi connectivity index (χ1) is 14.6. The van der Waals surface area contributed by atoms with Crippen molar-refractivity contribution in [2.75, 3.05) is 25.0 Å². The summed E-state index contributed by atoms with van der Waals surface area (Å²) < 4.78 is 20.2. The van der Waals surface area contributed by atoms with E-state index >= 15 is 0 Å². The fourth-order valence-electron chi connectivity index (χ4n) is 3.65. The summed E-state index contributed by atoms with van der Waals surface area (Å²) in [6.45, 7) is 4.57. The first kappa shape index (κ1) is 20.0. The number of carbonyl (C=O) groups excluding carboxylic acids is 1. The highest BCUT2D eigenvalue weighted by atomic mass is 19.1. The maximum atomic E-state index is 14.6. The second kappa shape index (κ2) is 9.04. The number of halogens is 1. The van der Waals surface area contributed by atoms with Gasteiger partial charge in [-0.2, -0.15) is 4.39 Å². The SMILES string of the molecule is CCNC(=O)Nc1ncc(CN2CCC(c3ccc(-c4ncc[nH]4)nc3F)CC2)o1. The van der Waals surface area contributed by atoms with Gasteiger partial charge in [0, 0.05) is 24.5 Å². The van der Waals surface area contributed by atoms with Crippen LogP contribution >= 0.6 is 0 Å². The van der Waals surface area contributed by atoms with Crippen molar-refractivity contribution in [3.63, 3.8) is 0 Å². The molecule has 1 saturated heterocycles. The Hall–Kier alpha value is -3.27. The largest absolute Gasteiger partial charge is 0.427 e. The zero-order chi connectivity index (χ0) is 20.9. The maximum absolute atomic E-state index is 14.6. The quantitative estimate of drug-likeness (QED) is 0.536. The summed E-state index contributed by atoms with van der Waals surface area (Å²) in [5.41, 5.74) is 1.15. The lowest BCUT2D eigenvalue weighted by Gasteiger charge is -2.31. The Bertz CT molecular complexity index is 981. The molecule has 9 nitrogen and oxygen atoms in total. The fourth-order valence-corrected chi connectivity index (χ4v) is 3.65. The Morgan fingerprint density at radius 1 is 1.33 bits per heavy atom. The zero-order valence-corrected chi connectivity index (χ0v) is 16.7. The Balaban J connectivity index is 1.31. The number of hydrogen-bond acceptors (Lipinski definition) is 6. The number of rotatable bonds is 6. The summed E-state index contributed by atoms with van der Waals surface area (Å²) in [7, 11) is 0. The number of anilines is 1. The van der Waals surface area contributed by atoms with Crippen LogP contribution < -0.4 is 10.6 Å². The monoisotopic (exact) mass is 413 g/mol. The van der Waals surface area contributed by atoms with E-state index < -0.39 is 5.95 Å². The summed E-state index contributed by atoms with van der Waals surface area (Å²) >= 11 is 0. The molecule has 4 heterocycles. The predicted octanol–water partition coefficient (Wildman–Crippen LogP) is 3.12. The van der Waals surface area contributed by atoms with Gasteiger partial charge < -0.3 is 14.7 Å². The van der Waals surface area contributed by atoms with Gasteiger partial charge in [-0.05, 0) is 44.8 Å². The van der Waals surface area contributed by atoms with Gasteiger partial charge in [0.05, 0.1) is 12.7 Å². The number of carbonyl (C=O) groups is 1. The van der Waals surface area contributed by atoms with E-state index in [1.165, 1.54) is 0 Å². The number of aromatic amines is 1. The van der Waals surface area contributed by atoms with Gasteiger partial charge in [0.25, 0.3) is 0 Å². The van der Waals surface area contributed by atoms with E-state index in [4.69, 9.17) is 4.42 Å².